The Kier molecular flexibility index (Phi) is 10.7. The zero-order chi connectivity index (χ0) is 31.9. The van der Waals surface area contributed by atoms with Gasteiger partial charge in [0.25, 0.3) is 0 Å². The molecule has 0 bridgehead atoms. The lowest BCUT2D eigenvalue weighted by atomic mass is 9.98. The van der Waals surface area contributed by atoms with Gasteiger partial charge in [-0.05, 0) is 54.3 Å². The van der Waals surface area contributed by atoms with Crippen molar-refractivity contribution in [2.24, 2.45) is 0 Å². The second kappa shape index (κ2) is 14.4. The van der Waals surface area contributed by atoms with E-state index in [0.717, 1.165) is 22.3 Å². The molecule has 1 aliphatic heterocycles. The molecule has 0 unspecified atom stereocenters. The molecule has 0 saturated heterocycles. The third kappa shape index (κ3) is 8.62. The predicted molar refractivity (Wildman–Crippen MR) is 166 cm³/mol. The number of carbonyl (C=O) groups excluding carboxylic acids is 3. The monoisotopic (exact) mass is 605 g/mol. The minimum atomic E-state index is -0.955. The predicted octanol–water partition coefficient (Wildman–Crippen LogP) is 2.93. The minimum absolute atomic E-state index is 0.0165. The van der Waals surface area contributed by atoms with E-state index in [2.05, 4.69) is 21.3 Å². The van der Waals surface area contributed by atoms with Crippen molar-refractivity contribution in [3.05, 3.63) is 89.2 Å². The minimum Gasteiger partial charge on any atom is -0.394 e. The van der Waals surface area contributed by atoms with Crippen LogP contribution >= 0.6 is 0 Å². The zero-order valence-corrected chi connectivity index (χ0v) is 25.2. The van der Waals surface area contributed by atoms with Crippen molar-refractivity contribution >= 4 is 23.5 Å². The van der Waals surface area contributed by atoms with E-state index in [0.29, 0.717) is 11.3 Å². The van der Waals surface area contributed by atoms with Crippen molar-refractivity contribution in [1.29, 1.82) is 0 Å². The summed E-state index contributed by atoms with van der Waals surface area (Å²) in [5.74, 6) is -1.06. The lowest BCUT2D eigenvalue weighted by Gasteiger charge is -2.29. The van der Waals surface area contributed by atoms with Gasteiger partial charge in [-0.2, -0.15) is 0 Å². The van der Waals surface area contributed by atoms with Crippen molar-refractivity contribution in [1.82, 2.24) is 20.9 Å². The van der Waals surface area contributed by atoms with Gasteiger partial charge in [0.15, 0.2) is 0 Å². The Morgan fingerprint density at radius 3 is 2.50 bits per heavy atom. The first-order valence-electron chi connectivity index (χ1n) is 14.5. The van der Waals surface area contributed by atoms with Gasteiger partial charge in [-0.1, -0.05) is 48.5 Å². The average molecular weight is 606 g/mol. The van der Waals surface area contributed by atoms with Gasteiger partial charge in [0.05, 0.1) is 18.4 Å². The Bertz CT molecular complexity index is 1480. The van der Waals surface area contributed by atoms with Gasteiger partial charge < -0.3 is 36.4 Å². The molecule has 0 spiro atoms. The number of para-hydroxylation sites is 1. The molecule has 4 rings (SSSR count). The van der Waals surface area contributed by atoms with E-state index >= 15 is 0 Å². The van der Waals surface area contributed by atoms with E-state index < -0.39 is 30.1 Å². The Morgan fingerprint density at radius 2 is 1.80 bits per heavy atom. The molecule has 234 valence electrons. The molecule has 0 aromatic heterocycles. The summed E-state index contributed by atoms with van der Waals surface area (Å²) in [6, 6.07) is 18.4. The highest BCUT2D eigenvalue weighted by Crippen LogP contribution is 2.29. The molecule has 44 heavy (non-hydrogen) atoms. The van der Waals surface area contributed by atoms with Gasteiger partial charge in [-0.15, -0.1) is 0 Å². The second-order valence-corrected chi connectivity index (χ2v) is 11.7. The molecule has 10 nitrogen and oxygen atoms in total. The molecule has 0 fully saturated rings. The normalized spacial score (nSPS) is 15.6. The first-order chi connectivity index (χ1) is 21.0. The van der Waals surface area contributed by atoms with Crippen LogP contribution in [0.2, 0.25) is 0 Å². The van der Waals surface area contributed by atoms with Crippen LogP contribution in [0.5, 0.6) is 0 Å². The van der Waals surface area contributed by atoms with Gasteiger partial charge in [-0.3, -0.25) is 9.59 Å². The molecule has 0 aliphatic carbocycles. The lowest BCUT2D eigenvalue weighted by molar-refractivity contribution is -0.137. The molecule has 2 atom stereocenters. The number of anilines is 1. The number of nitrogens with one attached hydrogen (secondary N) is 4. The maximum Gasteiger partial charge on any atom is 0.318 e. The molecular weight excluding hydrogens is 565 g/mol. The van der Waals surface area contributed by atoms with E-state index in [1.165, 1.54) is 12.1 Å². The van der Waals surface area contributed by atoms with E-state index in [1.54, 1.807) is 31.9 Å². The maximum atomic E-state index is 14.2. The van der Waals surface area contributed by atoms with E-state index in [-0.39, 0.29) is 50.3 Å². The average Bonchev–Trinajstić information content (AvgIpc) is 3.11. The van der Waals surface area contributed by atoms with Crippen LogP contribution in [0.4, 0.5) is 14.9 Å². The summed E-state index contributed by atoms with van der Waals surface area (Å²) >= 11 is 0. The van der Waals surface area contributed by atoms with Gasteiger partial charge in [0.1, 0.15) is 11.9 Å². The molecule has 1 aliphatic rings. The van der Waals surface area contributed by atoms with E-state index in [9.17, 15) is 23.9 Å². The number of fused-ring (bicyclic) bond motifs is 1. The third-order valence-electron chi connectivity index (χ3n) is 7.57. The maximum absolute atomic E-state index is 14.2. The number of aliphatic hydroxyl groups is 2. The molecule has 6 N–H and O–H groups in total. The quantitative estimate of drug-likeness (QED) is 0.199. The highest BCUT2D eigenvalue weighted by molar-refractivity contribution is 5.94. The number of carbonyl (C=O) groups is 3. The van der Waals surface area contributed by atoms with Crippen molar-refractivity contribution < 1.29 is 29.0 Å². The van der Waals surface area contributed by atoms with Gasteiger partial charge in [-0.25, -0.2) is 9.18 Å². The summed E-state index contributed by atoms with van der Waals surface area (Å²) in [4.78, 5) is 40.5. The smallest absolute Gasteiger partial charge is 0.318 e. The number of hydrogen-bond donors (Lipinski definition) is 6. The van der Waals surface area contributed by atoms with Gasteiger partial charge in [0.2, 0.25) is 11.8 Å². The van der Waals surface area contributed by atoms with E-state index in [1.807, 2.05) is 48.5 Å². The summed E-state index contributed by atoms with van der Waals surface area (Å²) in [6.45, 7) is 3.82. The van der Waals surface area contributed by atoms with Crippen molar-refractivity contribution in [2.45, 2.75) is 57.5 Å². The van der Waals surface area contributed by atoms with Crippen LogP contribution in [0.15, 0.2) is 66.7 Å². The zero-order valence-electron chi connectivity index (χ0n) is 25.2. The fraction of sp³-hybridized carbons (Fsp3) is 0.364. The summed E-state index contributed by atoms with van der Waals surface area (Å²) in [7, 11) is 1.55. The summed E-state index contributed by atoms with van der Waals surface area (Å²) in [6.07, 6.45) is -0.786. The van der Waals surface area contributed by atoms with Crippen molar-refractivity contribution in [2.75, 3.05) is 25.5 Å². The van der Waals surface area contributed by atoms with Crippen LogP contribution in [-0.4, -0.2) is 70.8 Å². The highest BCUT2D eigenvalue weighted by Gasteiger charge is 2.32. The van der Waals surface area contributed by atoms with Crippen LogP contribution in [0.25, 0.3) is 11.1 Å². The molecule has 1 heterocycles. The Hall–Kier alpha value is -4.32. The second-order valence-electron chi connectivity index (χ2n) is 11.7. The van der Waals surface area contributed by atoms with Gasteiger partial charge >= 0.3 is 6.03 Å². The first-order valence-corrected chi connectivity index (χ1v) is 14.5. The highest BCUT2D eigenvalue weighted by atomic mass is 19.1. The number of halogens is 1. The topological polar surface area (TPSA) is 143 Å². The SMILES string of the molecule is CNC(=O)Nc1ccccc1-c1ccc(CN2Cc3ccc(F)cc3C[C@@H](NC(=O)CC(C)(C)NC[C@H](O)CO)C2=O)cc1. The van der Waals surface area contributed by atoms with Gasteiger partial charge in [0, 0.05) is 50.6 Å². The van der Waals surface area contributed by atoms with Crippen molar-refractivity contribution in [3.63, 3.8) is 0 Å². The Morgan fingerprint density at radius 1 is 1.07 bits per heavy atom. The molecular formula is C33H40FN5O5. The first kappa shape index (κ1) is 32.6. The molecule has 0 saturated carbocycles. The fourth-order valence-corrected chi connectivity index (χ4v) is 5.20. The standard InChI is InChI=1S/C33H40FN5O5/c1-33(2,36-17-26(41)20-40)16-30(42)37-29-15-24-14-25(34)13-12-23(24)19-39(31(29)43)18-21-8-10-22(11-9-21)27-6-4-5-7-28(27)38-32(44)35-3/h4-14,26,29,36,40-41H,15-20H2,1-3H3,(H,37,42)(H2,35,38,44)/t26-,29+/m0/s1. The number of urea groups is 1. The third-order valence-corrected chi connectivity index (χ3v) is 7.57. The molecule has 4 amide bonds. The van der Waals surface area contributed by atoms with Crippen LogP contribution in [0.3, 0.4) is 0 Å². The lowest BCUT2D eigenvalue weighted by Crippen LogP contribution is -2.51. The number of β-amino-alcohol motifs (C(OH)–C–C–N with tert-alkyl or cyclic N) is 1. The number of benzene rings is 3. The van der Waals surface area contributed by atoms with Crippen LogP contribution in [0.1, 0.15) is 37.0 Å². The van der Waals surface area contributed by atoms with Crippen molar-refractivity contribution in [3.8, 4) is 11.1 Å². The van der Waals surface area contributed by atoms with Crippen LogP contribution in [0, 0.1) is 5.82 Å². The molecule has 0 radical (unpaired) electrons. The Balaban J connectivity index is 1.52. The molecule has 3 aromatic rings. The number of aliphatic hydroxyl groups excluding tert-OH is 2. The van der Waals surface area contributed by atoms with Crippen LogP contribution in [-0.2, 0) is 29.1 Å². The fourth-order valence-electron chi connectivity index (χ4n) is 5.20. The van der Waals surface area contributed by atoms with Crippen LogP contribution < -0.4 is 21.3 Å². The number of hydrogen-bond acceptors (Lipinski definition) is 6. The summed E-state index contributed by atoms with van der Waals surface area (Å²) in [5.41, 5.74) is 4.00. The summed E-state index contributed by atoms with van der Waals surface area (Å²) in [5, 5.41) is 30.0. The molecule has 3 aromatic carbocycles. The number of rotatable bonds is 11. The largest absolute Gasteiger partial charge is 0.394 e. The Labute approximate surface area is 256 Å². The summed E-state index contributed by atoms with van der Waals surface area (Å²) < 4.78 is 14.2. The number of nitrogens with zero attached hydrogens (tertiary/aromatic N) is 1. The molecule has 11 heteroatoms. The number of amides is 4. The van der Waals surface area contributed by atoms with E-state index in [4.69, 9.17) is 5.11 Å².